The molecular weight excluding hydrogens is 386 g/mol. The van der Waals surface area contributed by atoms with Gasteiger partial charge in [-0.2, -0.15) is 0 Å². The number of nitrogens with zero attached hydrogens (tertiary/aromatic N) is 3. The van der Waals surface area contributed by atoms with Crippen LogP contribution in [0.3, 0.4) is 0 Å². The van der Waals surface area contributed by atoms with Crippen LogP contribution in [0.2, 0.25) is 0 Å². The molecular formula is C18H20BrN3O3. The van der Waals surface area contributed by atoms with Gasteiger partial charge in [0.05, 0.1) is 25.7 Å². The number of halogens is 1. The maximum absolute atomic E-state index is 12.5. The van der Waals surface area contributed by atoms with Gasteiger partial charge in [-0.1, -0.05) is 22.0 Å². The highest BCUT2D eigenvalue weighted by Gasteiger charge is 2.31. The number of benzene rings is 1. The SMILES string of the molecule is Cc1c(Br)cccc1-c1nc2c(o1)CN(C(=O)CN1CCC(O)C1)C2. The highest BCUT2D eigenvalue weighted by atomic mass is 79.9. The van der Waals surface area contributed by atoms with Crippen molar-refractivity contribution < 1.29 is 14.3 Å². The van der Waals surface area contributed by atoms with Crippen LogP contribution in [0.4, 0.5) is 0 Å². The number of oxazole rings is 1. The Morgan fingerprint density at radius 2 is 2.28 bits per heavy atom. The highest BCUT2D eigenvalue weighted by molar-refractivity contribution is 9.10. The van der Waals surface area contributed by atoms with Crippen LogP contribution in [-0.2, 0) is 17.9 Å². The Bertz CT molecular complexity index is 796. The number of carbonyl (C=O) groups is 1. The molecule has 4 rings (SSSR count). The average Bonchev–Trinajstić information content (AvgIpc) is 3.24. The third-order valence-corrected chi connectivity index (χ3v) is 5.77. The van der Waals surface area contributed by atoms with Crippen molar-refractivity contribution in [2.75, 3.05) is 19.6 Å². The van der Waals surface area contributed by atoms with Gasteiger partial charge < -0.3 is 14.4 Å². The van der Waals surface area contributed by atoms with Crippen molar-refractivity contribution in [1.82, 2.24) is 14.8 Å². The molecule has 1 unspecified atom stereocenters. The summed E-state index contributed by atoms with van der Waals surface area (Å²) in [4.78, 5) is 20.8. The zero-order valence-electron chi connectivity index (χ0n) is 14.0. The van der Waals surface area contributed by atoms with E-state index in [0.717, 1.165) is 40.0 Å². The van der Waals surface area contributed by atoms with Gasteiger partial charge in [0.25, 0.3) is 0 Å². The first kappa shape index (κ1) is 16.8. The van der Waals surface area contributed by atoms with Crippen LogP contribution >= 0.6 is 15.9 Å². The molecule has 132 valence electrons. The molecule has 0 radical (unpaired) electrons. The van der Waals surface area contributed by atoms with Gasteiger partial charge in [0, 0.05) is 23.1 Å². The standard InChI is InChI=1S/C18H20BrN3O3/c1-11-13(3-2-4-14(11)19)18-20-15-8-22(9-16(15)25-18)17(24)10-21-6-5-12(23)7-21/h2-4,12,23H,5-10H2,1H3. The number of aliphatic hydroxyl groups excluding tert-OH is 1. The topological polar surface area (TPSA) is 69.8 Å². The molecule has 2 aromatic rings. The number of β-amino-alcohol motifs (C(OH)–C–C–N with tert-alkyl or cyclic N) is 1. The van der Waals surface area contributed by atoms with E-state index in [4.69, 9.17) is 4.42 Å². The minimum absolute atomic E-state index is 0.0579. The van der Waals surface area contributed by atoms with Crippen LogP contribution in [0.25, 0.3) is 11.5 Å². The van der Waals surface area contributed by atoms with Crippen molar-refractivity contribution in [3.8, 4) is 11.5 Å². The molecule has 25 heavy (non-hydrogen) atoms. The molecule has 0 spiro atoms. The van der Waals surface area contributed by atoms with Gasteiger partial charge in [-0.15, -0.1) is 0 Å². The van der Waals surface area contributed by atoms with E-state index in [9.17, 15) is 9.90 Å². The van der Waals surface area contributed by atoms with Crippen molar-refractivity contribution in [2.45, 2.75) is 32.5 Å². The zero-order chi connectivity index (χ0) is 17.6. The van der Waals surface area contributed by atoms with E-state index < -0.39 is 0 Å². The van der Waals surface area contributed by atoms with Gasteiger partial charge in [0.1, 0.15) is 11.5 Å². The first-order valence-corrected chi connectivity index (χ1v) is 9.23. The Morgan fingerprint density at radius 1 is 1.44 bits per heavy atom. The van der Waals surface area contributed by atoms with E-state index in [1.165, 1.54) is 0 Å². The molecule has 6 nitrogen and oxygen atoms in total. The quantitative estimate of drug-likeness (QED) is 0.848. The van der Waals surface area contributed by atoms with E-state index in [-0.39, 0.29) is 12.0 Å². The fourth-order valence-corrected chi connectivity index (χ4v) is 3.78. The lowest BCUT2D eigenvalue weighted by atomic mass is 10.1. The summed E-state index contributed by atoms with van der Waals surface area (Å²) in [6.45, 7) is 4.67. The summed E-state index contributed by atoms with van der Waals surface area (Å²) in [7, 11) is 0. The van der Waals surface area contributed by atoms with Crippen LogP contribution in [0.5, 0.6) is 0 Å². The second-order valence-electron chi connectivity index (χ2n) is 6.73. The van der Waals surface area contributed by atoms with Crippen LogP contribution in [0.1, 0.15) is 23.4 Å². The van der Waals surface area contributed by atoms with Gasteiger partial charge >= 0.3 is 0 Å². The molecule has 1 saturated heterocycles. The van der Waals surface area contributed by atoms with Crippen molar-refractivity contribution in [2.24, 2.45) is 0 Å². The predicted octanol–water partition coefficient (Wildman–Crippen LogP) is 2.32. The zero-order valence-corrected chi connectivity index (χ0v) is 15.6. The maximum Gasteiger partial charge on any atom is 0.237 e. The van der Waals surface area contributed by atoms with E-state index in [1.807, 2.05) is 30.0 Å². The number of hydrogen-bond donors (Lipinski definition) is 1. The summed E-state index contributed by atoms with van der Waals surface area (Å²) in [5, 5.41) is 9.57. The summed E-state index contributed by atoms with van der Waals surface area (Å²) >= 11 is 3.53. The van der Waals surface area contributed by atoms with Gasteiger partial charge in [0.2, 0.25) is 11.8 Å². The largest absolute Gasteiger partial charge is 0.439 e. The lowest BCUT2D eigenvalue weighted by molar-refractivity contribution is -0.133. The van der Waals surface area contributed by atoms with Gasteiger partial charge in [-0.3, -0.25) is 9.69 Å². The Morgan fingerprint density at radius 3 is 3.00 bits per heavy atom. The summed E-state index contributed by atoms with van der Waals surface area (Å²) in [6, 6.07) is 5.94. The summed E-state index contributed by atoms with van der Waals surface area (Å²) < 4.78 is 6.96. The average molecular weight is 406 g/mol. The Kier molecular flexibility index (Phi) is 4.39. The van der Waals surface area contributed by atoms with Crippen molar-refractivity contribution in [3.05, 3.63) is 39.7 Å². The molecule has 1 atom stereocenters. The minimum Gasteiger partial charge on any atom is -0.439 e. The van der Waals surface area contributed by atoms with Gasteiger partial charge in [-0.05, 0) is 31.0 Å². The smallest absolute Gasteiger partial charge is 0.237 e. The van der Waals surface area contributed by atoms with E-state index in [2.05, 4.69) is 20.9 Å². The Labute approximate surface area is 154 Å². The minimum atomic E-state index is -0.307. The molecule has 0 saturated carbocycles. The van der Waals surface area contributed by atoms with Crippen LogP contribution < -0.4 is 0 Å². The number of hydrogen-bond acceptors (Lipinski definition) is 5. The number of aromatic nitrogens is 1. The molecule has 0 aliphatic carbocycles. The predicted molar refractivity (Wildman–Crippen MR) is 95.7 cm³/mol. The number of amides is 1. The number of carbonyl (C=O) groups excluding carboxylic acids is 1. The van der Waals surface area contributed by atoms with Gasteiger partial charge in [-0.25, -0.2) is 4.98 Å². The normalized spacial score (nSPS) is 20.3. The first-order chi connectivity index (χ1) is 12.0. The van der Waals surface area contributed by atoms with E-state index in [0.29, 0.717) is 32.1 Å². The second-order valence-corrected chi connectivity index (χ2v) is 7.58. The van der Waals surface area contributed by atoms with Crippen molar-refractivity contribution in [3.63, 3.8) is 0 Å². The fourth-order valence-electron chi connectivity index (χ4n) is 3.42. The third-order valence-electron chi connectivity index (χ3n) is 4.91. The number of likely N-dealkylation sites (tertiary alicyclic amines) is 1. The molecule has 1 N–H and O–H groups in total. The van der Waals surface area contributed by atoms with Crippen molar-refractivity contribution >= 4 is 21.8 Å². The third kappa shape index (κ3) is 3.23. The number of aliphatic hydroxyl groups is 1. The van der Waals surface area contributed by atoms with Crippen molar-refractivity contribution in [1.29, 1.82) is 0 Å². The molecule has 0 bridgehead atoms. The molecule has 2 aliphatic rings. The molecule has 1 amide bonds. The number of fused-ring (bicyclic) bond motifs is 1. The van der Waals surface area contributed by atoms with Crippen LogP contribution in [-0.4, -0.2) is 51.5 Å². The molecule has 2 aliphatic heterocycles. The fraction of sp³-hybridized carbons (Fsp3) is 0.444. The second kappa shape index (κ2) is 6.55. The summed E-state index contributed by atoms with van der Waals surface area (Å²) in [6.07, 6.45) is 0.434. The monoisotopic (exact) mass is 405 g/mol. The Balaban J connectivity index is 1.45. The van der Waals surface area contributed by atoms with E-state index >= 15 is 0 Å². The lowest BCUT2D eigenvalue weighted by Gasteiger charge is -2.20. The first-order valence-electron chi connectivity index (χ1n) is 8.43. The molecule has 7 heteroatoms. The summed E-state index contributed by atoms with van der Waals surface area (Å²) in [5.74, 6) is 1.44. The molecule has 3 heterocycles. The lowest BCUT2D eigenvalue weighted by Crippen LogP contribution is -2.37. The molecule has 1 aromatic heterocycles. The molecule has 1 fully saturated rings. The number of rotatable bonds is 3. The maximum atomic E-state index is 12.5. The van der Waals surface area contributed by atoms with Crippen LogP contribution in [0, 0.1) is 6.92 Å². The van der Waals surface area contributed by atoms with Gasteiger partial charge in [0.15, 0.2) is 0 Å². The van der Waals surface area contributed by atoms with E-state index in [1.54, 1.807) is 4.90 Å². The molecule has 1 aromatic carbocycles. The Hall–Kier alpha value is -1.70. The van der Waals surface area contributed by atoms with Crippen LogP contribution in [0.15, 0.2) is 27.1 Å². The summed E-state index contributed by atoms with van der Waals surface area (Å²) in [5.41, 5.74) is 2.89. The highest BCUT2D eigenvalue weighted by Crippen LogP contribution is 2.32.